The Bertz CT molecular complexity index is 58.6. The van der Waals surface area contributed by atoms with E-state index in [0.717, 1.165) is 0 Å². The Morgan fingerprint density at radius 2 is 1.78 bits per heavy atom. The summed E-state index contributed by atoms with van der Waals surface area (Å²) in [6.45, 7) is 7.12. The van der Waals surface area contributed by atoms with Crippen LogP contribution in [0.25, 0.3) is 0 Å². The van der Waals surface area contributed by atoms with E-state index in [-0.39, 0.29) is 18.3 Å². The minimum Gasteiger partial charge on any atom is -0.395 e. The van der Waals surface area contributed by atoms with Crippen LogP contribution in [-0.2, 0) is 0 Å². The van der Waals surface area contributed by atoms with Crippen molar-refractivity contribution in [3.63, 3.8) is 0 Å². The minimum absolute atomic E-state index is 0. The van der Waals surface area contributed by atoms with E-state index in [0.29, 0.717) is 6.54 Å². The fourth-order valence-corrected chi connectivity index (χ4v) is 0.431. The van der Waals surface area contributed by atoms with Gasteiger partial charge in [-0.15, -0.1) is 0 Å². The van der Waals surface area contributed by atoms with Gasteiger partial charge in [-0.3, -0.25) is 0 Å². The topological polar surface area (TPSA) is 67.3 Å². The van der Waals surface area contributed by atoms with Gasteiger partial charge in [0, 0.05) is 12.1 Å². The van der Waals surface area contributed by atoms with E-state index < -0.39 is 0 Å². The zero-order valence-corrected chi connectivity index (χ0v) is 6.57. The first kappa shape index (κ1) is 11.6. The van der Waals surface area contributed by atoms with Gasteiger partial charge in [0.2, 0.25) is 0 Å². The van der Waals surface area contributed by atoms with Gasteiger partial charge < -0.3 is 16.6 Å². The molecular weight excluding hydrogens is 116 g/mol. The molecule has 0 saturated carbocycles. The lowest BCUT2D eigenvalue weighted by atomic mass is 10.1. The molecule has 0 aromatic rings. The van der Waals surface area contributed by atoms with E-state index in [1.54, 1.807) is 0 Å². The molecule has 0 aliphatic rings. The normalized spacial score (nSPS) is 10.7. The first-order chi connectivity index (χ1) is 3.56. The van der Waals surface area contributed by atoms with Crippen molar-refractivity contribution in [3.05, 3.63) is 0 Å². The van der Waals surface area contributed by atoms with Gasteiger partial charge in [0.15, 0.2) is 0 Å². The Balaban J connectivity index is 0. The maximum atomic E-state index is 8.37. The summed E-state index contributed by atoms with van der Waals surface area (Å²) >= 11 is 0. The third kappa shape index (κ3) is 11.4. The fourth-order valence-electron chi connectivity index (χ4n) is 0.431. The monoisotopic (exact) mass is 134 g/mol. The zero-order chi connectivity index (χ0) is 6.62. The Morgan fingerprint density at radius 3 is 1.89 bits per heavy atom. The number of rotatable bonds is 2. The average molecular weight is 134 g/mol. The average Bonchev–Trinajstić information content (AvgIpc) is 1.59. The van der Waals surface area contributed by atoms with Gasteiger partial charge in [-0.2, -0.15) is 0 Å². The molecule has 58 valence electrons. The van der Waals surface area contributed by atoms with Crippen molar-refractivity contribution in [3.8, 4) is 0 Å². The van der Waals surface area contributed by atoms with Gasteiger partial charge in [-0.25, -0.2) is 0 Å². The molecule has 0 heterocycles. The van der Waals surface area contributed by atoms with Crippen LogP contribution in [0, 0.1) is 0 Å². The van der Waals surface area contributed by atoms with Crippen LogP contribution in [0.3, 0.4) is 0 Å². The standard InChI is InChI=1S/C6H15NO.H3N/c1-6(2,3)7-4-5-8;/h7-8H,4-5H2,1-3H3;1H3. The molecule has 0 bridgehead atoms. The maximum Gasteiger partial charge on any atom is 0.0556 e. The molecule has 0 spiro atoms. The van der Waals surface area contributed by atoms with Crippen molar-refractivity contribution in [2.75, 3.05) is 13.2 Å². The highest BCUT2D eigenvalue weighted by Gasteiger charge is 2.05. The van der Waals surface area contributed by atoms with Crippen molar-refractivity contribution in [2.45, 2.75) is 26.3 Å². The quantitative estimate of drug-likeness (QED) is 0.516. The highest BCUT2D eigenvalue weighted by molar-refractivity contribution is 4.68. The van der Waals surface area contributed by atoms with Crippen LogP contribution < -0.4 is 11.5 Å². The first-order valence-electron chi connectivity index (χ1n) is 2.92. The predicted molar refractivity (Wildman–Crippen MR) is 39.9 cm³/mol. The third-order valence-corrected chi connectivity index (χ3v) is 0.767. The molecule has 0 radical (unpaired) electrons. The molecule has 3 nitrogen and oxygen atoms in total. The van der Waals surface area contributed by atoms with E-state index in [2.05, 4.69) is 26.1 Å². The Morgan fingerprint density at radius 1 is 1.33 bits per heavy atom. The van der Waals surface area contributed by atoms with Crippen LogP contribution in [0.15, 0.2) is 0 Å². The maximum absolute atomic E-state index is 8.37. The minimum atomic E-state index is 0. The van der Waals surface area contributed by atoms with Gasteiger partial charge in [-0.05, 0) is 20.8 Å². The van der Waals surface area contributed by atoms with Crippen molar-refractivity contribution in [1.29, 1.82) is 0 Å². The molecular formula is C6H18N2O. The fraction of sp³-hybridized carbons (Fsp3) is 1.00. The van der Waals surface area contributed by atoms with Crippen molar-refractivity contribution in [2.24, 2.45) is 0 Å². The molecule has 0 fully saturated rings. The summed E-state index contributed by atoms with van der Waals surface area (Å²) in [5, 5.41) is 11.5. The summed E-state index contributed by atoms with van der Waals surface area (Å²) in [5.41, 5.74) is 0.142. The summed E-state index contributed by atoms with van der Waals surface area (Å²) in [6, 6.07) is 0. The zero-order valence-electron chi connectivity index (χ0n) is 6.57. The summed E-state index contributed by atoms with van der Waals surface area (Å²) in [7, 11) is 0. The van der Waals surface area contributed by atoms with Crippen molar-refractivity contribution >= 4 is 0 Å². The number of nitrogens with one attached hydrogen (secondary N) is 1. The van der Waals surface area contributed by atoms with Crippen molar-refractivity contribution < 1.29 is 5.11 Å². The highest BCUT2D eigenvalue weighted by Crippen LogP contribution is 1.95. The molecule has 0 atom stereocenters. The molecule has 0 unspecified atom stereocenters. The molecule has 0 aromatic carbocycles. The number of aliphatic hydroxyl groups is 1. The van der Waals surface area contributed by atoms with E-state index in [4.69, 9.17) is 5.11 Å². The molecule has 0 aromatic heterocycles. The second kappa shape index (κ2) is 4.73. The van der Waals surface area contributed by atoms with Gasteiger partial charge in [0.25, 0.3) is 0 Å². The van der Waals surface area contributed by atoms with Gasteiger partial charge in [-0.1, -0.05) is 0 Å². The molecule has 3 heteroatoms. The summed E-state index contributed by atoms with van der Waals surface area (Å²) < 4.78 is 0. The Kier molecular flexibility index (Phi) is 6.12. The molecule has 0 rings (SSSR count). The molecule has 0 amide bonds. The second-order valence-corrected chi connectivity index (χ2v) is 2.90. The van der Waals surface area contributed by atoms with Gasteiger partial charge >= 0.3 is 0 Å². The molecule has 9 heavy (non-hydrogen) atoms. The van der Waals surface area contributed by atoms with Gasteiger partial charge in [0.1, 0.15) is 0 Å². The van der Waals surface area contributed by atoms with Crippen LogP contribution in [0.4, 0.5) is 0 Å². The molecule has 0 aliphatic heterocycles. The summed E-state index contributed by atoms with van der Waals surface area (Å²) in [6.07, 6.45) is 0. The van der Waals surface area contributed by atoms with E-state index in [1.807, 2.05) is 0 Å². The van der Waals surface area contributed by atoms with E-state index in [9.17, 15) is 0 Å². The first-order valence-corrected chi connectivity index (χ1v) is 2.92. The van der Waals surface area contributed by atoms with E-state index >= 15 is 0 Å². The lowest BCUT2D eigenvalue weighted by Crippen LogP contribution is -2.37. The van der Waals surface area contributed by atoms with Gasteiger partial charge in [0.05, 0.1) is 6.61 Å². The number of hydrogen-bond acceptors (Lipinski definition) is 3. The lowest BCUT2D eigenvalue weighted by Gasteiger charge is -2.19. The smallest absolute Gasteiger partial charge is 0.0556 e. The summed E-state index contributed by atoms with van der Waals surface area (Å²) in [5.74, 6) is 0. The highest BCUT2D eigenvalue weighted by atomic mass is 16.3. The molecule has 5 N–H and O–H groups in total. The molecule has 0 saturated heterocycles. The number of hydrogen-bond donors (Lipinski definition) is 3. The SMILES string of the molecule is CC(C)(C)NCCO.N. The van der Waals surface area contributed by atoms with Crippen LogP contribution in [-0.4, -0.2) is 23.8 Å². The number of aliphatic hydroxyl groups excluding tert-OH is 1. The summed E-state index contributed by atoms with van der Waals surface area (Å²) in [4.78, 5) is 0. The van der Waals surface area contributed by atoms with E-state index in [1.165, 1.54) is 0 Å². The Labute approximate surface area is 57.0 Å². The van der Waals surface area contributed by atoms with Crippen molar-refractivity contribution in [1.82, 2.24) is 11.5 Å². The van der Waals surface area contributed by atoms with Crippen LogP contribution in [0.1, 0.15) is 20.8 Å². The Hall–Kier alpha value is -0.120. The van der Waals surface area contributed by atoms with Crippen LogP contribution >= 0.6 is 0 Å². The number of β-amino-alcohol motifs (C(OH)–C–C–N with tert-alkyl or cyclic N) is 1. The third-order valence-electron chi connectivity index (χ3n) is 0.767. The van der Waals surface area contributed by atoms with Crippen LogP contribution in [0.5, 0.6) is 0 Å². The largest absolute Gasteiger partial charge is 0.395 e. The van der Waals surface area contributed by atoms with Crippen LogP contribution in [0.2, 0.25) is 0 Å². The second-order valence-electron chi connectivity index (χ2n) is 2.90. The predicted octanol–water partition coefficient (Wildman–Crippen LogP) is 0.529. The molecule has 0 aliphatic carbocycles. The lowest BCUT2D eigenvalue weighted by molar-refractivity contribution is 0.272.